The van der Waals surface area contributed by atoms with E-state index in [1.807, 2.05) is 31.2 Å². The van der Waals surface area contributed by atoms with Gasteiger partial charge in [0, 0.05) is 31.0 Å². The number of anilines is 1. The van der Waals surface area contributed by atoms with E-state index in [4.69, 9.17) is 21.9 Å². The van der Waals surface area contributed by atoms with Gasteiger partial charge in [0.25, 0.3) is 5.91 Å². The molecule has 2 amide bonds. The Morgan fingerprint density at radius 2 is 2.06 bits per heavy atom. The maximum Gasteiger partial charge on any atom is 0.274 e. The molecule has 1 N–H and O–H groups in total. The van der Waals surface area contributed by atoms with Crippen molar-refractivity contribution >= 4 is 51.9 Å². The third kappa shape index (κ3) is 4.25. The lowest BCUT2D eigenvalue weighted by atomic mass is 9.98. The van der Waals surface area contributed by atoms with Gasteiger partial charge in [-0.1, -0.05) is 6.92 Å². The first kappa shape index (κ1) is 21.2. The van der Waals surface area contributed by atoms with Crippen LogP contribution in [0.5, 0.6) is 5.75 Å². The summed E-state index contributed by atoms with van der Waals surface area (Å²) in [4.78, 5) is 33.1. The van der Waals surface area contributed by atoms with Crippen LogP contribution in [-0.4, -0.2) is 46.5 Å². The Hall–Kier alpha value is -3.00. The molecule has 0 atom stereocenters. The fourth-order valence-electron chi connectivity index (χ4n) is 4.02. The average Bonchev–Trinajstić information content (AvgIpc) is 3.01. The Labute approximate surface area is 187 Å². The van der Waals surface area contributed by atoms with Gasteiger partial charge < -0.3 is 9.64 Å². The number of carbonyl (C=O) groups is 2. The van der Waals surface area contributed by atoms with Gasteiger partial charge in [0.15, 0.2) is 5.11 Å². The summed E-state index contributed by atoms with van der Waals surface area (Å²) in [7, 11) is 0. The second-order valence-corrected chi connectivity index (χ2v) is 8.39. The Kier molecular flexibility index (Phi) is 5.91. The summed E-state index contributed by atoms with van der Waals surface area (Å²) in [6.07, 6.45) is 3.88. The van der Waals surface area contributed by atoms with Gasteiger partial charge in [-0.05, 0) is 68.2 Å². The summed E-state index contributed by atoms with van der Waals surface area (Å²) in [5.74, 6) is 1.56. The molecule has 0 saturated carbocycles. The van der Waals surface area contributed by atoms with Gasteiger partial charge in [0.05, 0.1) is 12.1 Å². The van der Waals surface area contributed by atoms with Crippen LogP contribution in [0.1, 0.15) is 39.2 Å². The van der Waals surface area contributed by atoms with Crippen molar-refractivity contribution in [3.63, 3.8) is 0 Å². The number of piperidine rings is 1. The SMILES string of the molecule is CCOc1ccc2nc(N3CCC(C)CC3)c(C=C3C(=O)NC(=S)N3C(C)=O)cc2c1. The van der Waals surface area contributed by atoms with E-state index in [1.165, 1.54) is 11.8 Å². The molecule has 0 spiro atoms. The number of thiocarbonyl (C=S) groups is 1. The van der Waals surface area contributed by atoms with Gasteiger partial charge in [-0.15, -0.1) is 0 Å². The molecule has 31 heavy (non-hydrogen) atoms. The molecule has 2 aliphatic rings. The Bertz CT molecular complexity index is 1090. The number of nitrogens with zero attached hydrogens (tertiary/aromatic N) is 3. The van der Waals surface area contributed by atoms with Crippen molar-refractivity contribution in [3.8, 4) is 5.75 Å². The van der Waals surface area contributed by atoms with E-state index in [9.17, 15) is 9.59 Å². The molecule has 0 unspecified atom stereocenters. The molecule has 2 aliphatic heterocycles. The molecule has 0 radical (unpaired) electrons. The molecular formula is C23H26N4O3S. The van der Waals surface area contributed by atoms with Crippen LogP contribution in [0, 0.1) is 5.92 Å². The number of hydrogen-bond acceptors (Lipinski definition) is 6. The van der Waals surface area contributed by atoms with E-state index >= 15 is 0 Å². The Balaban J connectivity index is 1.85. The van der Waals surface area contributed by atoms with Crippen molar-refractivity contribution < 1.29 is 14.3 Å². The third-order valence-corrected chi connectivity index (χ3v) is 5.98. The summed E-state index contributed by atoms with van der Waals surface area (Å²) < 4.78 is 5.64. The molecule has 2 fully saturated rings. The van der Waals surface area contributed by atoms with Crippen LogP contribution >= 0.6 is 12.2 Å². The minimum Gasteiger partial charge on any atom is -0.494 e. The zero-order valence-corrected chi connectivity index (χ0v) is 18.8. The maximum atomic E-state index is 12.5. The summed E-state index contributed by atoms with van der Waals surface area (Å²) in [5, 5.41) is 3.57. The van der Waals surface area contributed by atoms with Gasteiger partial charge in [0.2, 0.25) is 5.91 Å². The second kappa shape index (κ2) is 8.63. The van der Waals surface area contributed by atoms with Crippen LogP contribution in [0.25, 0.3) is 17.0 Å². The molecule has 7 nitrogen and oxygen atoms in total. The van der Waals surface area contributed by atoms with Crippen LogP contribution < -0.4 is 15.0 Å². The van der Waals surface area contributed by atoms with Gasteiger partial charge in [-0.3, -0.25) is 19.8 Å². The topological polar surface area (TPSA) is 74.8 Å². The number of carbonyl (C=O) groups excluding carboxylic acids is 2. The first-order valence-corrected chi connectivity index (χ1v) is 11.0. The number of ether oxygens (including phenoxy) is 1. The Morgan fingerprint density at radius 1 is 1.32 bits per heavy atom. The smallest absolute Gasteiger partial charge is 0.274 e. The van der Waals surface area contributed by atoms with Crippen LogP contribution in [0.4, 0.5) is 5.82 Å². The zero-order valence-electron chi connectivity index (χ0n) is 18.0. The van der Waals surface area contributed by atoms with Crippen molar-refractivity contribution in [2.75, 3.05) is 24.6 Å². The lowest BCUT2D eigenvalue weighted by Gasteiger charge is -2.32. The van der Waals surface area contributed by atoms with E-state index in [0.717, 1.165) is 54.0 Å². The predicted octanol–water partition coefficient (Wildman–Crippen LogP) is 3.47. The van der Waals surface area contributed by atoms with Crippen molar-refractivity contribution in [3.05, 3.63) is 35.5 Å². The molecule has 2 aromatic rings. The van der Waals surface area contributed by atoms with Gasteiger partial charge in [-0.25, -0.2) is 4.98 Å². The number of amides is 2. The van der Waals surface area contributed by atoms with Crippen molar-refractivity contribution in [1.82, 2.24) is 15.2 Å². The van der Waals surface area contributed by atoms with Gasteiger partial charge >= 0.3 is 0 Å². The molecule has 1 aromatic carbocycles. The summed E-state index contributed by atoms with van der Waals surface area (Å²) in [6, 6.07) is 7.81. The molecule has 2 saturated heterocycles. The quantitative estimate of drug-likeness (QED) is 0.582. The highest BCUT2D eigenvalue weighted by atomic mass is 32.1. The van der Waals surface area contributed by atoms with Crippen molar-refractivity contribution in [1.29, 1.82) is 0 Å². The first-order valence-electron chi connectivity index (χ1n) is 10.6. The summed E-state index contributed by atoms with van der Waals surface area (Å²) in [6.45, 7) is 7.96. The minimum atomic E-state index is -0.387. The van der Waals surface area contributed by atoms with Crippen molar-refractivity contribution in [2.45, 2.75) is 33.6 Å². The van der Waals surface area contributed by atoms with Gasteiger partial charge in [0.1, 0.15) is 17.3 Å². The maximum absolute atomic E-state index is 12.5. The highest BCUT2D eigenvalue weighted by Gasteiger charge is 2.33. The first-order chi connectivity index (χ1) is 14.9. The molecule has 162 valence electrons. The highest BCUT2D eigenvalue weighted by molar-refractivity contribution is 7.80. The fraction of sp³-hybridized carbons (Fsp3) is 0.391. The predicted molar refractivity (Wildman–Crippen MR) is 125 cm³/mol. The second-order valence-electron chi connectivity index (χ2n) is 8.00. The summed E-state index contributed by atoms with van der Waals surface area (Å²) >= 11 is 5.17. The monoisotopic (exact) mass is 438 g/mol. The molecule has 0 bridgehead atoms. The molecular weight excluding hydrogens is 412 g/mol. The fourth-order valence-corrected chi connectivity index (χ4v) is 4.33. The van der Waals surface area contributed by atoms with Crippen molar-refractivity contribution in [2.24, 2.45) is 5.92 Å². The van der Waals surface area contributed by atoms with Gasteiger partial charge in [-0.2, -0.15) is 0 Å². The molecule has 1 aromatic heterocycles. The summed E-state index contributed by atoms with van der Waals surface area (Å²) in [5.41, 5.74) is 1.84. The van der Waals surface area contributed by atoms with E-state index in [0.29, 0.717) is 12.5 Å². The van der Waals surface area contributed by atoms with E-state index in [1.54, 1.807) is 6.08 Å². The normalized spacial score (nSPS) is 18.7. The van der Waals surface area contributed by atoms with Crippen LogP contribution in [0.2, 0.25) is 0 Å². The standard InChI is InChI=1S/C23H26N4O3S/c1-4-30-18-5-6-19-16(12-18)11-17(21(24-19)26-9-7-14(2)8-10-26)13-20-22(29)25-23(31)27(20)15(3)28/h5-6,11-14H,4,7-10H2,1-3H3,(H,25,29,31). The van der Waals surface area contributed by atoms with Crippen LogP contribution in [0.3, 0.4) is 0 Å². The lowest BCUT2D eigenvalue weighted by molar-refractivity contribution is -0.125. The number of hydrogen-bond donors (Lipinski definition) is 1. The number of pyridine rings is 1. The minimum absolute atomic E-state index is 0.101. The number of rotatable bonds is 4. The third-order valence-electron chi connectivity index (χ3n) is 5.69. The van der Waals surface area contributed by atoms with E-state index < -0.39 is 0 Å². The molecule has 3 heterocycles. The van der Waals surface area contributed by atoms with Crippen LogP contribution in [0.15, 0.2) is 30.0 Å². The number of benzene rings is 1. The average molecular weight is 439 g/mol. The zero-order chi connectivity index (χ0) is 22.1. The largest absolute Gasteiger partial charge is 0.494 e. The molecule has 4 rings (SSSR count). The highest BCUT2D eigenvalue weighted by Crippen LogP contribution is 2.31. The lowest BCUT2D eigenvalue weighted by Crippen LogP contribution is -2.34. The Morgan fingerprint density at radius 3 is 2.74 bits per heavy atom. The molecule has 8 heteroatoms. The number of nitrogens with one attached hydrogen (secondary N) is 1. The number of aromatic nitrogens is 1. The van der Waals surface area contributed by atoms with E-state index in [2.05, 4.69) is 17.1 Å². The number of fused-ring (bicyclic) bond motifs is 1. The molecule has 0 aliphatic carbocycles. The van der Waals surface area contributed by atoms with Crippen LogP contribution in [-0.2, 0) is 9.59 Å². The van der Waals surface area contributed by atoms with E-state index in [-0.39, 0.29) is 22.6 Å².